The van der Waals surface area contributed by atoms with Gasteiger partial charge in [0.15, 0.2) is 0 Å². The van der Waals surface area contributed by atoms with Gasteiger partial charge in [-0.15, -0.1) is 0 Å². The Kier molecular flexibility index (Phi) is 5.37. The Hall–Kier alpha value is -3.45. The molecule has 2 aromatic heterocycles. The second-order valence-electron chi connectivity index (χ2n) is 6.94. The van der Waals surface area contributed by atoms with Gasteiger partial charge in [-0.3, -0.25) is 9.78 Å². The third-order valence-corrected chi connectivity index (χ3v) is 6.87. The first-order valence-electron chi connectivity index (χ1n) is 9.62. The lowest BCUT2D eigenvalue weighted by molar-refractivity contribution is 0.0946. The van der Waals surface area contributed by atoms with E-state index in [9.17, 15) is 13.2 Å². The van der Waals surface area contributed by atoms with Gasteiger partial charge in [-0.1, -0.05) is 37.3 Å². The molecule has 0 fully saturated rings. The van der Waals surface area contributed by atoms with E-state index in [1.54, 1.807) is 54.9 Å². The van der Waals surface area contributed by atoms with E-state index in [0.717, 1.165) is 22.0 Å². The number of aromatic nitrogens is 2. The fourth-order valence-electron chi connectivity index (χ4n) is 3.34. The summed E-state index contributed by atoms with van der Waals surface area (Å²) in [5, 5.41) is 3.71. The molecule has 0 aliphatic carbocycles. The molecular formula is C23H21N3O3S. The Morgan fingerprint density at radius 3 is 2.57 bits per heavy atom. The summed E-state index contributed by atoms with van der Waals surface area (Å²) in [5.74, 6) is -0.236. The van der Waals surface area contributed by atoms with Gasteiger partial charge in [0.1, 0.15) is 5.69 Å². The van der Waals surface area contributed by atoms with E-state index in [1.807, 2.05) is 25.1 Å². The summed E-state index contributed by atoms with van der Waals surface area (Å²) in [6, 6.07) is 17.2. The summed E-state index contributed by atoms with van der Waals surface area (Å²) in [6.07, 6.45) is 4.00. The second kappa shape index (κ2) is 8.12. The van der Waals surface area contributed by atoms with Crippen LogP contribution in [0.15, 0.2) is 82.8 Å². The summed E-state index contributed by atoms with van der Waals surface area (Å²) in [7, 11) is -3.59. The first-order chi connectivity index (χ1) is 14.5. The molecule has 7 heteroatoms. The summed E-state index contributed by atoms with van der Waals surface area (Å²) >= 11 is 0. The lowest BCUT2D eigenvalue weighted by atomic mass is 10.2. The van der Waals surface area contributed by atoms with Crippen LogP contribution >= 0.6 is 0 Å². The van der Waals surface area contributed by atoms with Crippen molar-refractivity contribution in [1.82, 2.24) is 15.3 Å². The molecule has 0 bridgehead atoms. The van der Waals surface area contributed by atoms with Gasteiger partial charge >= 0.3 is 0 Å². The molecule has 0 aliphatic rings. The highest BCUT2D eigenvalue weighted by atomic mass is 32.2. The highest BCUT2D eigenvalue weighted by Crippen LogP contribution is 2.24. The molecule has 4 rings (SSSR count). The molecule has 30 heavy (non-hydrogen) atoms. The molecule has 0 spiro atoms. The molecule has 0 unspecified atom stereocenters. The first kappa shape index (κ1) is 19.8. The van der Waals surface area contributed by atoms with Gasteiger partial charge < -0.3 is 10.3 Å². The summed E-state index contributed by atoms with van der Waals surface area (Å²) in [4.78, 5) is 20.1. The summed E-state index contributed by atoms with van der Waals surface area (Å²) < 4.78 is 26.0. The molecule has 1 amide bonds. The van der Waals surface area contributed by atoms with Crippen molar-refractivity contribution in [2.75, 3.05) is 0 Å². The molecular weight excluding hydrogens is 398 g/mol. The van der Waals surface area contributed by atoms with Gasteiger partial charge in [0.05, 0.1) is 9.79 Å². The third-order valence-electron chi connectivity index (χ3n) is 5.00. The lowest BCUT2D eigenvalue weighted by Crippen LogP contribution is -2.23. The largest absolute Gasteiger partial charge is 0.350 e. The Morgan fingerprint density at radius 1 is 1.07 bits per heavy atom. The first-order valence-corrected chi connectivity index (χ1v) is 11.1. The smallest absolute Gasteiger partial charge is 0.267 e. The van der Waals surface area contributed by atoms with Gasteiger partial charge in [-0.05, 0) is 47.9 Å². The van der Waals surface area contributed by atoms with Crippen LogP contribution in [0.1, 0.15) is 28.5 Å². The maximum Gasteiger partial charge on any atom is 0.267 e. The van der Waals surface area contributed by atoms with Crippen molar-refractivity contribution in [3.8, 4) is 0 Å². The van der Waals surface area contributed by atoms with Crippen molar-refractivity contribution in [3.05, 3.63) is 89.9 Å². The van der Waals surface area contributed by atoms with Crippen molar-refractivity contribution >= 4 is 26.6 Å². The number of hydrogen-bond donors (Lipinski definition) is 2. The number of rotatable bonds is 6. The van der Waals surface area contributed by atoms with Gasteiger partial charge in [0.2, 0.25) is 9.84 Å². The van der Waals surface area contributed by atoms with Crippen LogP contribution in [0.5, 0.6) is 0 Å². The fraction of sp³-hybridized carbons (Fsp3) is 0.130. The van der Waals surface area contributed by atoms with Gasteiger partial charge in [-0.25, -0.2) is 8.42 Å². The van der Waals surface area contributed by atoms with E-state index in [2.05, 4.69) is 15.3 Å². The zero-order valence-electron chi connectivity index (χ0n) is 16.4. The van der Waals surface area contributed by atoms with Crippen molar-refractivity contribution < 1.29 is 13.2 Å². The van der Waals surface area contributed by atoms with Crippen LogP contribution in [0, 0.1) is 0 Å². The van der Waals surface area contributed by atoms with Crippen molar-refractivity contribution in [1.29, 1.82) is 0 Å². The molecule has 2 N–H and O–H groups in total. The number of nitrogens with one attached hydrogen (secondary N) is 2. The Morgan fingerprint density at radius 2 is 1.83 bits per heavy atom. The van der Waals surface area contributed by atoms with Gasteiger partial charge in [0.25, 0.3) is 5.91 Å². The molecule has 0 radical (unpaired) electrons. The average Bonchev–Trinajstić information content (AvgIpc) is 3.22. The molecule has 0 atom stereocenters. The number of fused-ring (bicyclic) bond motifs is 1. The average molecular weight is 420 g/mol. The zero-order chi connectivity index (χ0) is 21.1. The number of amides is 1. The summed E-state index contributed by atoms with van der Waals surface area (Å²) in [5.41, 5.74) is 2.90. The number of hydrogen-bond acceptors (Lipinski definition) is 4. The van der Waals surface area contributed by atoms with E-state index in [0.29, 0.717) is 23.6 Å². The fourth-order valence-corrected chi connectivity index (χ4v) is 4.91. The number of aryl methyl sites for hydroxylation is 1. The summed E-state index contributed by atoms with van der Waals surface area (Å²) in [6.45, 7) is 2.22. The number of aromatic amines is 1. The van der Waals surface area contributed by atoms with Crippen LogP contribution in [0.25, 0.3) is 10.9 Å². The number of H-pyrrole nitrogens is 1. The second-order valence-corrected chi connectivity index (χ2v) is 8.86. The molecule has 0 aliphatic heterocycles. The number of nitrogens with zero attached hydrogens (tertiary/aromatic N) is 1. The SMILES string of the molecule is CCc1ccccc1S(=O)(=O)c1ccc(CNC(=O)c2cc3cnccc3[nH]2)cc1. The van der Waals surface area contributed by atoms with Gasteiger partial charge in [0, 0.05) is 29.8 Å². The minimum atomic E-state index is -3.59. The van der Waals surface area contributed by atoms with Crippen LogP contribution in [0.3, 0.4) is 0 Å². The molecule has 0 saturated carbocycles. The van der Waals surface area contributed by atoms with E-state index in [-0.39, 0.29) is 10.8 Å². The number of sulfone groups is 1. The van der Waals surface area contributed by atoms with E-state index in [1.165, 1.54) is 0 Å². The Labute approximate surface area is 174 Å². The number of carbonyl (C=O) groups excluding carboxylic acids is 1. The minimum Gasteiger partial charge on any atom is -0.350 e. The number of carbonyl (C=O) groups is 1. The maximum absolute atomic E-state index is 13.0. The monoisotopic (exact) mass is 419 g/mol. The molecule has 152 valence electrons. The maximum atomic E-state index is 13.0. The van der Waals surface area contributed by atoms with Crippen molar-refractivity contribution in [2.45, 2.75) is 29.7 Å². The predicted octanol–water partition coefficient (Wildman–Crippen LogP) is 3.89. The normalized spacial score (nSPS) is 11.5. The quantitative estimate of drug-likeness (QED) is 0.496. The highest BCUT2D eigenvalue weighted by molar-refractivity contribution is 7.91. The standard InChI is InChI=1S/C23H21N3O3S/c1-2-17-5-3-4-6-22(17)30(28,29)19-9-7-16(8-10-19)14-25-23(27)21-13-18-15-24-12-11-20(18)26-21/h3-13,15,26H,2,14H2,1H3,(H,25,27). The van der Waals surface area contributed by atoms with Crippen LogP contribution in [0.4, 0.5) is 0 Å². The third kappa shape index (κ3) is 3.84. The topological polar surface area (TPSA) is 91.9 Å². The van der Waals surface area contributed by atoms with Gasteiger partial charge in [-0.2, -0.15) is 0 Å². The van der Waals surface area contributed by atoms with Crippen LogP contribution in [0.2, 0.25) is 0 Å². The lowest BCUT2D eigenvalue weighted by Gasteiger charge is -2.10. The molecule has 2 heterocycles. The van der Waals surface area contributed by atoms with Crippen molar-refractivity contribution in [2.24, 2.45) is 0 Å². The molecule has 6 nitrogen and oxygen atoms in total. The number of benzene rings is 2. The van der Waals surface area contributed by atoms with Crippen LogP contribution in [-0.4, -0.2) is 24.3 Å². The number of pyridine rings is 1. The van der Waals surface area contributed by atoms with E-state index in [4.69, 9.17) is 0 Å². The highest BCUT2D eigenvalue weighted by Gasteiger charge is 2.20. The molecule has 4 aromatic rings. The predicted molar refractivity (Wildman–Crippen MR) is 115 cm³/mol. The molecule has 0 saturated heterocycles. The van der Waals surface area contributed by atoms with E-state index >= 15 is 0 Å². The zero-order valence-corrected chi connectivity index (χ0v) is 17.2. The van der Waals surface area contributed by atoms with Crippen LogP contribution < -0.4 is 5.32 Å². The van der Waals surface area contributed by atoms with Crippen molar-refractivity contribution in [3.63, 3.8) is 0 Å². The molecule has 2 aromatic carbocycles. The van der Waals surface area contributed by atoms with Crippen LogP contribution in [-0.2, 0) is 22.8 Å². The Balaban J connectivity index is 1.47. The van der Waals surface area contributed by atoms with E-state index < -0.39 is 9.84 Å². The Bertz CT molecular complexity index is 1280. The minimum absolute atomic E-state index is 0.236.